The van der Waals surface area contributed by atoms with Crippen LogP contribution in [0.4, 0.5) is 0 Å². The molecule has 0 saturated carbocycles. The third-order valence-electron chi connectivity index (χ3n) is 2.42. The topological polar surface area (TPSA) is 47.0 Å². The third kappa shape index (κ3) is 3.93. The van der Waals surface area contributed by atoms with Gasteiger partial charge in [-0.25, -0.2) is 9.97 Å². The maximum absolute atomic E-state index is 5.13. The zero-order valence-corrected chi connectivity index (χ0v) is 9.60. The Hall–Kier alpha value is -1.00. The fourth-order valence-corrected chi connectivity index (χ4v) is 1.67. The molecule has 0 spiro atoms. The van der Waals surface area contributed by atoms with E-state index in [1.54, 1.807) is 13.4 Å². The molecule has 0 aliphatic heterocycles. The van der Waals surface area contributed by atoms with Gasteiger partial charge in [0.05, 0.1) is 0 Å². The van der Waals surface area contributed by atoms with Crippen molar-refractivity contribution in [3.05, 3.63) is 24.3 Å². The Morgan fingerprint density at radius 3 is 2.60 bits per heavy atom. The van der Waals surface area contributed by atoms with Gasteiger partial charge in [0.25, 0.3) is 0 Å². The van der Waals surface area contributed by atoms with Gasteiger partial charge in [-0.05, 0) is 19.4 Å². The Morgan fingerprint density at radius 1 is 1.40 bits per heavy atom. The van der Waals surface area contributed by atoms with E-state index in [2.05, 4.69) is 22.2 Å². The summed E-state index contributed by atoms with van der Waals surface area (Å²) in [6.07, 6.45) is 6.29. The van der Waals surface area contributed by atoms with Crippen molar-refractivity contribution in [2.75, 3.05) is 20.8 Å². The van der Waals surface area contributed by atoms with Crippen molar-refractivity contribution >= 4 is 0 Å². The van der Waals surface area contributed by atoms with E-state index in [9.17, 15) is 0 Å². The van der Waals surface area contributed by atoms with Gasteiger partial charge in [-0.3, -0.25) is 0 Å². The van der Waals surface area contributed by atoms with Crippen LogP contribution >= 0.6 is 0 Å². The first-order valence-corrected chi connectivity index (χ1v) is 5.19. The fourth-order valence-electron chi connectivity index (χ4n) is 1.67. The summed E-state index contributed by atoms with van der Waals surface area (Å²) in [6.45, 7) is 2.96. The van der Waals surface area contributed by atoms with Crippen molar-refractivity contribution < 1.29 is 4.74 Å². The Labute approximate surface area is 91.1 Å². The van der Waals surface area contributed by atoms with E-state index in [-0.39, 0.29) is 0 Å². The predicted octanol–water partition coefficient (Wildman–Crippen LogP) is 1.41. The highest BCUT2D eigenvalue weighted by Gasteiger charge is 2.13. The lowest BCUT2D eigenvalue weighted by molar-refractivity contribution is 0.150. The zero-order chi connectivity index (χ0) is 11.1. The van der Waals surface area contributed by atoms with Crippen molar-refractivity contribution in [2.45, 2.75) is 19.4 Å². The van der Waals surface area contributed by atoms with E-state index in [1.165, 1.54) is 0 Å². The Morgan fingerprint density at radius 2 is 2.07 bits per heavy atom. The lowest BCUT2D eigenvalue weighted by Crippen LogP contribution is -2.21. The lowest BCUT2D eigenvalue weighted by Gasteiger charge is -2.19. The first-order chi connectivity index (χ1) is 7.27. The average molecular weight is 209 g/mol. The molecule has 0 aliphatic carbocycles. The van der Waals surface area contributed by atoms with Gasteiger partial charge in [0.15, 0.2) is 0 Å². The minimum atomic E-state index is 0.302. The number of hydrogen-bond donors (Lipinski definition) is 1. The summed E-state index contributed by atoms with van der Waals surface area (Å²) in [5.74, 6) is 0.521. The van der Waals surface area contributed by atoms with Crippen LogP contribution in [0.3, 0.4) is 0 Å². The summed E-state index contributed by atoms with van der Waals surface area (Å²) in [5.41, 5.74) is 1.13. The highest BCUT2D eigenvalue weighted by Crippen LogP contribution is 2.19. The van der Waals surface area contributed by atoms with Gasteiger partial charge < -0.3 is 10.1 Å². The minimum absolute atomic E-state index is 0.302. The molecule has 1 rings (SSSR count). The summed E-state index contributed by atoms with van der Waals surface area (Å²) >= 11 is 0. The second-order valence-electron chi connectivity index (χ2n) is 3.81. The molecule has 0 aliphatic rings. The standard InChI is InChI=1S/C11H19N3O/c1-9(7-15-3)4-11(12-2)10-5-13-8-14-6-10/h5-6,8-9,11-12H,4,7H2,1-3H3. The van der Waals surface area contributed by atoms with Crippen LogP contribution in [0.2, 0.25) is 0 Å². The van der Waals surface area contributed by atoms with Gasteiger partial charge in [0.1, 0.15) is 6.33 Å². The molecule has 0 radical (unpaired) electrons. The normalized spacial score (nSPS) is 14.9. The minimum Gasteiger partial charge on any atom is -0.384 e. The van der Waals surface area contributed by atoms with Crippen LogP contribution in [0.15, 0.2) is 18.7 Å². The number of rotatable bonds is 6. The van der Waals surface area contributed by atoms with E-state index < -0.39 is 0 Å². The first kappa shape index (κ1) is 12.1. The van der Waals surface area contributed by atoms with Crippen LogP contribution in [0.1, 0.15) is 24.9 Å². The molecule has 0 aromatic carbocycles. The van der Waals surface area contributed by atoms with Gasteiger partial charge in [0.2, 0.25) is 0 Å². The largest absolute Gasteiger partial charge is 0.384 e. The second kappa shape index (κ2) is 6.48. The van der Waals surface area contributed by atoms with E-state index in [4.69, 9.17) is 4.74 Å². The zero-order valence-electron chi connectivity index (χ0n) is 9.60. The van der Waals surface area contributed by atoms with Gasteiger partial charge in [-0.2, -0.15) is 0 Å². The highest BCUT2D eigenvalue weighted by atomic mass is 16.5. The summed E-state index contributed by atoms with van der Waals surface area (Å²) in [6, 6.07) is 0.302. The number of aromatic nitrogens is 2. The van der Waals surface area contributed by atoms with Crippen molar-refractivity contribution in [3.8, 4) is 0 Å². The molecule has 2 atom stereocenters. The maximum Gasteiger partial charge on any atom is 0.115 e. The van der Waals surface area contributed by atoms with Crippen LogP contribution in [-0.4, -0.2) is 30.7 Å². The number of ether oxygens (including phenoxy) is 1. The third-order valence-corrected chi connectivity index (χ3v) is 2.42. The summed E-state index contributed by atoms with van der Waals surface area (Å²) < 4.78 is 5.13. The van der Waals surface area contributed by atoms with Crippen LogP contribution in [0.5, 0.6) is 0 Å². The van der Waals surface area contributed by atoms with Crippen molar-refractivity contribution in [2.24, 2.45) is 5.92 Å². The second-order valence-corrected chi connectivity index (χ2v) is 3.81. The molecule has 0 amide bonds. The average Bonchev–Trinajstić information content (AvgIpc) is 2.27. The lowest BCUT2D eigenvalue weighted by atomic mass is 9.98. The Bertz CT molecular complexity index is 266. The van der Waals surface area contributed by atoms with Gasteiger partial charge >= 0.3 is 0 Å². The van der Waals surface area contributed by atoms with Crippen LogP contribution in [-0.2, 0) is 4.74 Å². The van der Waals surface area contributed by atoms with E-state index in [1.807, 2.05) is 19.4 Å². The van der Waals surface area contributed by atoms with Crippen molar-refractivity contribution in [3.63, 3.8) is 0 Å². The van der Waals surface area contributed by atoms with E-state index in [0.29, 0.717) is 12.0 Å². The molecule has 15 heavy (non-hydrogen) atoms. The molecule has 1 N–H and O–H groups in total. The van der Waals surface area contributed by atoms with E-state index >= 15 is 0 Å². The smallest absolute Gasteiger partial charge is 0.115 e. The fraction of sp³-hybridized carbons (Fsp3) is 0.636. The molecule has 4 heteroatoms. The van der Waals surface area contributed by atoms with Crippen molar-refractivity contribution in [1.82, 2.24) is 15.3 Å². The molecule has 84 valence electrons. The quantitative estimate of drug-likeness (QED) is 0.769. The maximum atomic E-state index is 5.13. The predicted molar refractivity (Wildman–Crippen MR) is 59.5 cm³/mol. The first-order valence-electron chi connectivity index (χ1n) is 5.19. The van der Waals surface area contributed by atoms with Gasteiger partial charge in [0, 0.05) is 37.7 Å². The molecule has 0 bridgehead atoms. The molecule has 0 fully saturated rings. The van der Waals surface area contributed by atoms with E-state index in [0.717, 1.165) is 18.6 Å². The monoisotopic (exact) mass is 209 g/mol. The molecule has 2 unspecified atom stereocenters. The summed E-state index contributed by atoms with van der Waals surface area (Å²) in [4.78, 5) is 8.05. The van der Waals surface area contributed by atoms with Gasteiger partial charge in [-0.15, -0.1) is 0 Å². The van der Waals surface area contributed by atoms with Crippen molar-refractivity contribution in [1.29, 1.82) is 0 Å². The molecule has 1 aromatic heterocycles. The SMILES string of the molecule is CNC(CC(C)COC)c1cncnc1. The Kier molecular flexibility index (Phi) is 5.21. The molecular weight excluding hydrogens is 190 g/mol. The summed E-state index contributed by atoms with van der Waals surface area (Å²) in [7, 11) is 3.69. The molecule has 0 saturated heterocycles. The van der Waals surface area contributed by atoms with Gasteiger partial charge in [-0.1, -0.05) is 6.92 Å². The van der Waals surface area contributed by atoms with Crippen LogP contribution < -0.4 is 5.32 Å². The number of nitrogens with zero attached hydrogens (tertiary/aromatic N) is 2. The Balaban J connectivity index is 2.56. The molecule has 1 aromatic rings. The molecule has 1 heterocycles. The highest BCUT2D eigenvalue weighted by molar-refractivity contribution is 5.08. The molecule has 4 nitrogen and oxygen atoms in total. The molecular formula is C11H19N3O. The number of nitrogens with one attached hydrogen (secondary N) is 1. The number of methoxy groups -OCH3 is 1. The van der Waals surface area contributed by atoms with Crippen LogP contribution in [0, 0.1) is 5.92 Å². The van der Waals surface area contributed by atoms with Crippen LogP contribution in [0.25, 0.3) is 0 Å². The number of hydrogen-bond acceptors (Lipinski definition) is 4. The summed E-state index contributed by atoms with van der Waals surface area (Å²) in [5, 5.41) is 3.27.